The lowest BCUT2D eigenvalue weighted by Gasteiger charge is -2.14. The van der Waals surface area contributed by atoms with E-state index in [2.05, 4.69) is 10.3 Å². The Balaban J connectivity index is 1.46. The molecule has 0 bridgehead atoms. The van der Waals surface area contributed by atoms with Gasteiger partial charge in [-0.3, -0.25) is 4.79 Å². The molecule has 0 saturated heterocycles. The number of hydrogen-bond donors (Lipinski definition) is 1. The van der Waals surface area contributed by atoms with Crippen molar-refractivity contribution >= 4 is 22.9 Å². The number of aromatic nitrogens is 1. The van der Waals surface area contributed by atoms with Crippen LogP contribution in [0.15, 0.2) is 77.6 Å². The van der Waals surface area contributed by atoms with Crippen LogP contribution in [0, 0.1) is 0 Å². The lowest BCUT2D eigenvalue weighted by atomic mass is 10.1. The highest BCUT2D eigenvalue weighted by Gasteiger charge is 2.14. The Morgan fingerprint density at radius 3 is 2.47 bits per heavy atom. The quantitative estimate of drug-likeness (QED) is 0.295. The van der Waals surface area contributed by atoms with Gasteiger partial charge in [0.1, 0.15) is 18.1 Å². The fraction of sp³-hybridized carbons (Fsp3) is 0.154. The molecule has 1 amide bonds. The van der Waals surface area contributed by atoms with Crippen LogP contribution in [0.25, 0.3) is 0 Å². The largest absolute Gasteiger partial charge is 0.494 e. The van der Waals surface area contributed by atoms with Gasteiger partial charge in [-0.05, 0) is 61.5 Å². The molecule has 174 valence electrons. The van der Waals surface area contributed by atoms with E-state index < -0.39 is 0 Å². The minimum Gasteiger partial charge on any atom is -0.494 e. The van der Waals surface area contributed by atoms with Crippen LogP contribution in [0.4, 0.5) is 5.69 Å². The number of carbonyl (C=O) groups is 1. The zero-order valence-electron chi connectivity index (χ0n) is 18.8. The maximum atomic E-state index is 13.0. The second-order valence-corrected chi connectivity index (χ2v) is 7.81. The van der Waals surface area contributed by atoms with Crippen molar-refractivity contribution in [3.63, 3.8) is 0 Å². The highest BCUT2D eigenvalue weighted by molar-refractivity contribution is 7.07. The summed E-state index contributed by atoms with van der Waals surface area (Å²) in [6.45, 7) is 2.85. The third kappa shape index (κ3) is 5.85. The summed E-state index contributed by atoms with van der Waals surface area (Å²) in [6.07, 6.45) is 0. The summed E-state index contributed by atoms with van der Waals surface area (Å²) in [5.74, 6) is 2.62. The summed E-state index contributed by atoms with van der Waals surface area (Å²) in [5, 5.41) is 4.83. The van der Waals surface area contributed by atoms with Crippen LogP contribution >= 0.6 is 11.3 Å². The van der Waals surface area contributed by atoms with Gasteiger partial charge in [0, 0.05) is 10.9 Å². The number of para-hydroxylation sites is 2. The smallest absolute Gasteiger partial charge is 0.255 e. The Labute approximate surface area is 201 Å². The molecule has 4 rings (SSSR count). The number of carbonyl (C=O) groups excluding carboxylic acids is 1. The molecule has 0 atom stereocenters. The maximum absolute atomic E-state index is 13.0. The molecule has 0 aliphatic heterocycles. The molecule has 4 aromatic rings. The molecule has 1 aromatic heterocycles. The third-order valence-electron chi connectivity index (χ3n) is 4.78. The van der Waals surface area contributed by atoms with Crippen molar-refractivity contribution in [2.24, 2.45) is 0 Å². The van der Waals surface area contributed by atoms with Crippen molar-refractivity contribution in [3.8, 4) is 28.7 Å². The van der Waals surface area contributed by atoms with E-state index in [-0.39, 0.29) is 5.91 Å². The molecule has 0 fully saturated rings. The maximum Gasteiger partial charge on any atom is 0.255 e. The SMILES string of the molecule is CCOc1ccc(Oc2ccccc2NC(=O)c2ccc(OCc3cscn3)c(OC)c2)cc1. The average molecular weight is 477 g/mol. The van der Waals surface area contributed by atoms with Gasteiger partial charge in [0.25, 0.3) is 5.91 Å². The summed E-state index contributed by atoms with van der Waals surface area (Å²) in [6, 6.07) is 19.6. The highest BCUT2D eigenvalue weighted by Crippen LogP contribution is 2.32. The Hall–Kier alpha value is -4.04. The molecule has 0 spiro atoms. The first-order valence-electron chi connectivity index (χ1n) is 10.6. The van der Waals surface area contributed by atoms with E-state index in [1.807, 2.05) is 48.7 Å². The first-order valence-corrected chi connectivity index (χ1v) is 11.6. The van der Waals surface area contributed by atoms with E-state index >= 15 is 0 Å². The number of anilines is 1. The van der Waals surface area contributed by atoms with Gasteiger partial charge >= 0.3 is 0 Å². The van der Waals surface area contributed by atoms with Crippen molar-refractivity contribution in [1.82, 2.24) is 4.98 Å². The number of methoxy groups -OCH3 is 1. The summed E-state index contributed by atoms with van der Waals surface area (Å²) >= 11 is 1.50. The number of rotatable bonds is 10. The third-order valence-corrected chi connectivity index (χ3v) is 5.42. The first kappa shape index (κ1) is 23.1. The number of nitrogens with zero attached hydrogens (tertiary/aromatic N) is 1. The second-order valence-electron chi connectivity index (χ2n) is 7.09. The zero-order valence-corrected chi connectivity index (χ0v) is 19.6. The van der Waals surface area contributed by atoms with Crippen molar-refractivity contribution in [3.05, 3.63) is 88.9 Å². The molecule has 0 unspecified atom stereocenters. The molecule has 0 aliphatic rings. The summed E-state index contributed by atoms with van der Waals surface area (Å²) < 4.78 is 22.7. The van der Waals surface area contributed by atoms with Gasteiger partial charge in [-0.15, -0.1) is 11.3 Å². The number of hydrogen-bond acceptors (Lipinski definition) is 7. The first-order chi connectivity index (χ1) is 16.7. The molecular weight excluding hydrogens is 452 g/mol. The summed E-state index contributed by atoms with van der Waals surface area (Å²) in [4.78, 5) is 17.2. The lowest BCUT2D eigenvalue weighted by molar-refractivity contribution is 0.102. The Morgan fingerprint density at radius 2 is 1.74 bits per heavy atom. The molecule has 0 aliphatic carbocycles. The molecular formula is C26H24N2O5S. The summed E-state index contributed by atoms with van der Waals surface area (Å²) in [5.41, 5.74) is 3.55. The van der Waals surface area contributed by atoms with Crippen LogP contribution in [-0.4, -0.2) is 24.6 Å². The Kier molecular flexibility index (Phi) is 7.62. The molecule has 8 heteroatoms. The lowest BCUT2D eigenvalue weighted by Crippen LogP contribution is -2.13. The fourth-order valence-corrected chi connectivity index (χ4v) is 3.68. The van der Waals surface area contributed by atoms with Crippen molar-refractivity contribution < 1.29 is 23.7 Å². The van der Waals surface area contributed by atoms with E-state index in [1.165, 1.54) is 18.4 Å². The molecule has 34 heavy (non-hydrogen) atoms. The average Bonchev–Trinajstić information content (AvgIpc) is 3.39. The van der Waals surface area contributed by atoms with Crippen LogP contribution < -0.4 is 24.3 Å². The van der Waals surface area contributed by atoms with Crippen LogP contribution in [0.3, 0.4) is 0 Å². The number of thiazole rings is 1. The van der Waals surface area contributed by atoms with Crippen LogP contribution in [0.2, 0.25) is 0 Å². The van der Waals surface area contributed by atoms with Crippen LogP contribution in [-0.2, 0) is 6.61 Å². The van der Waals surface area contributed by atoms with Gasteiger partial charge in [0.05, 0.1) is 30.6 Å². The van der Waals surface area contributed by atoms with Gasteiger partial charge < -0.3 is 24.3 Å². The van der Waals surface area contributed by atoms with Gasteiger partial charge in [0.2, 0.25) is 0 Å². The Morgan fingerprint density at radius 1 is 0.941 bits per heavy atom. The molecule has 3 aromatic carbocycles. The van der Waals surface area contributed by atoms with E-state index in [4.69, 9.17) is 18.9 Å². The van der Waals surface area contributed by atoms with Crippen molar-refractivity contribution in [1.29, 1.82) is 0 Å². The predicted octanol–water partition coefficient (Wildman–Crippen LogP) is 6.17. The number of benzene rings is 3. The number of nitrogens with one attached hydrogen (secondary N) is 1. The van der Waals surface area contributed by atoms with Crippen LogP contribution in [0.5, 0.6) is 28.7 Å². The molecule has 0 saturated carbocycles. The Bertz CT molecular complexity index is 1230. The highest BCUT2D eigenvalue weighted by atomic mass is 32.1. The normalized spacial score (nSPS) is 10.4. The van der Waals surface area contributed by atoms with E-state index in [1.54, 1.807) is 35.8 Å². The minimum absolute atomic E-state index is 0.299. The van der Waals surface area contributed by atoms with Gasteiger partial charge in [0.15, 0.2) is 17.2 Å². The zero-order chi connectivity index (χ0) is 23.8. The molecule has 1 N–H and O–H groups in total. The topological polar surface area (TPSA) is 78.9 Å². The van der Waals surface area contributed by atoms with Crippen LogP contribution in [0.1, 0.15) is 23.0 Å². The molecule has 0 radical (unpaired) electrons. The van der Waals surface area contributed by atoms with Gasteiger partial charge in [-0.25, -0.2) is 4.98 Å². The number of amides is 1. The predicted molar refractivity (Wildman–Crippen MR) is 132 cm³/mol. The van der Waals surface area contributed by atoms with E-state index in [0.29, 0.717) is 47.5 Å². The second kappa shape index (κ2) is 11.2. The fourth-order valence-electron chi connectivity index (χ4n) is 3.14. The van der Waals surface area contributed by atoms with Gasteiger partial charge in [-0.1, -0.05) is 12.1 Å². The van der Waals surface area contributed by atoms with Crippen molar-refractivity contribution in [2.45, 2.75) is 13.5 Å². The van der Waals surface area contributed by atoms with E-state index in [9.17, 15) is 4.79 Å². The minimum atomic E-state index is -0.299. The molecule has 7 nitrogen and oxygen atoms in total. The van der Waals surface area contributed by atoms with Crippen molar-refractivity contribution in [2.75, 3.05) is 19.0 Å². The number of ether oxygens (including phenoxy) is 4. The monoisotopic (exact) mass is 476 g/mol. The molecule has 1 heterocycles. The summed E-state index contributed by atoms with van der Waals surface area (Å²) in [7, 11) is 1.53. The van der Waals surface area contributed by atoms with E-state index in [0.717, 1.165) is 11.4 Å². The standard InChI is InChI=1S/C26H24N2O5S/c1-3-31-20-9-11-21(12-10-20)33-23-7-5-4-6-22(23)28-26(29)18-8-13-24(25(14-18)30-2)32-15-19-16-34-17-27-19/h4-14,16-17H,3,15H2,1-2H3,(H,28,29). The van der Waals surface area contributed by atoms with Gasteiger partial charge in [-0.2, -0.15) is 0 Å².